The molecule has 0 heterocycles. The molecule has 0 aromatic heterocycles. The van der Waals surface area contributed by atoms with Crippen LogP contribution in [0.15, 0.2) is 36.9 Å². The van der Waals surface area contributed by atoms with Crippen molar-refractivity contribution < 1.29 is 9.72 Å². The molecule has 22 heavy (non-hydrogen) atoms. The zero-order valence-corrected chi connectivity index (χ0v) is 11.7. The van der Waals surface area contributed by atoms with Gasteiger partial charge in [0.2, 0.25) is 0 Å². The van der Waals surface area contributed by atoms with Crippen molar-refractivity contribution in [2.24, 2.45) is 17.3 Å². The summed E-state index contributed by atoms with van der Waals surface area (Å²) < 4.78 is 0. The Morgan fingerprint density at radius 1 is 1.32 bits per heavy atom. The van der Waals surface area contributed by atoms with Crippen molar-refractivity contribution in [2.45, 2.75) is 12.3 Å². The number of carbonyl (C=O) groups is 1. The fraction of sp³-hybridized carbons (Fsp3) is 0.312. The smallest absolute Gasteiger partial charge is 0.269 e. The summed E-state index contributed by atoms with van der Waals surface area (Å²) in [5.41, 5.74) is -0.833. The third kappa shape index (κ3) is 2.25. The van der Waals surface area contributed by atoms with Crippen LogP contribution in [0, 0.1) is 50.0 Å². The summed E-state index contributed by atoms with van der Waals surface area (Å²) >= 11 is 0. The maximum Gasteiger partial charge on any atom is 0.269 e. The van der Waals surface area contributed by atoms with Crippen LogP contribution in [0.3, 0.4) is 0 Å². The molecule has 0 spiro atoms. The van der Waals surface area contributed by atoms with Gasteiger partial charge in [0.1, 0.15) is 6.29 Å². The molecule has 1 aliphatic rings. The summed E-state index contributed by atoms with van der Waals surface area (Å²) in [5.74, 6) is -1.43. The second-order valence-corrected chi connectivity index (χ2v) is 5.34. The van der Waals surface area contributed by atoms with Crippen LogP contribution in [0.4, 0.5) is 5.69 Å². The zero-order valence-electron chi connectivity index (χ0n) is 11.7. The lowest BCUT2D eigenvalue weighted by atomic mass is 9.74. The molecule has 1 aliphatic carbocycles. The van der Waals surface area contributed by atoms with Crippen LogP contribution < -0.4 is 0 Å². The van der Waals surface area contributed by atoms with Crippen molar-refractivity contribution in [1.29, 1.82) is 10.5 Å². The highest BCUT2D eigenvalue weighted by atomic mass is 16.6. The van der Waals surface area contributed by atoms with E-state index in [-0.39, 0.29) is 18.0 Å². The average Bonchev–Trinajstić information content (AvgIpc) is 2.89. The Morgan fingerprint density at radius 2 is 1.91 bits per heavy atom. The molecule has 0 saturated heterocycles. The monoisotopic (exact) mass is 295 g/mol. The number of nitriles is 2. The lowest BCUT2D eigenvalue weighted by Crippen LogP contribution is -2.24. The Labute approximate surface area is 127 Å². The molecule has 110 valence electrons. The van der Waals surface area contributed by atoms with Gasteiger partial charge in [-0.25, -0.2) is 0 Å². The molecule has 0 unspecified atom stereocenters. The number of benzene rings is 1. The number of rotatable bonds is 4. The van der Waals surface area contributed by atoms with Crippen molar-refractivity contribution in [3.63, 3.8) is 0 Å². The molecule has 0 radical (unpaired) electrons. The van der Waals surface area contributed by atoms with E-state index < -0.39 is 22.2 Å². The summed E-state index contributed by atoms with van der Waals surface area (Å²) in [7, 11) is 0. The largest absolute Gasteiger partial charge is 0.303 e. The minimum atomic E-state index is -1.33. The fourth-order valence-electron chi connectivity index (χ4n) is 3.20. The fourth-order valence-corrected chi connectivity index (χ4v) is 3.20. The van der Waals surface area contributed by atoms with E-state index in [1.54, 1.807) is 6.08 Å². The number of hydrogen-bond donors (Lipinski definition) is 0. The van der Waals surface area contributed by atoms with E-state index in [0.717, 1.165) is 6.29 Å². The van der Waals surface area contributed by atoms with Crippen molar-refractivity contribution in [1.82, 2.24) is 0 Å². The van der Waals surface area contributed by atoms with E-state index in [0.29, 0.717) is 5.56 Å². The first-order valence-corrected chi connectivity index (χ1v) is 6.67. The molecule has 3 atom stereocenters. The van der Waals surface area contributed by atoms with Crippen LogP contribution in [-0.2, 0) is 4.79 Å². The van der Waals surface area contributed by atoms with Gasteiger partial charge in [-0.15, -0.1) is 6.58 Å². The number of aldehydes is 1. The highest BCUT2D eigenvalue weighted by Crippen LogP contribution is 2.54. The molecule has 6 heteroatoms. The van der Waals surface area contributed by atoms with Gasteiger partial charge in [0.25, 0.3) is 5.69 Å². The third-order valence-electron chi connectivity index (χ3n) is 4.29. The third-order valence-corrected chi connectivity index (χ3v) is 4.29. The molecule has 0 N–H and O–H groups in total. The molecule has 0 amide bonds. The predicted octanol–water partition coefficient (Wildman–Crippen LogP) is 2.73. The molecule has 1 aromatic rings. The molecule has 2 rings (SSSR count). The van der Waals surface area contributed by atoms with E-state index in [4.69, 9.17) is 0 Å². The van der Waals surface area contributed by atoms with Crippen LogP contribution in [0.1, 0.15) is 17.9 Å². The normalized spacial score (nSPS) is 25.6. The van der Waals surface area contributed by atoms with Crippen LogP contribution in [0.2, 0.25) is 0 Å². The topological polar surface area (TPSA) is 108 Å². The highest BCUT2D eigenvalue weighted by molar-refractivity contribution is 5.61. The Bertz CT molecular complexity index is 683. The second kappa shape index (κ2) is 5.79. The molecular formula is C16H13N3O3. The summed E-state index contributed by atoms with van der Waals surface area (Å²) in [6.45, 7) is 3.67. The zero-order chi connectivity index (χ0) is 16.3. The first kappa shape index (κ1) is 15.4. The molecule has 6 nitrogen and oxygen atoms in total. The van der Waals surface area contributed by atoms with E-state index >= 15 is 0 Å². The number of hydrogen-bond acceptors (Lipinski definition) is 5. The number of nitrogens with zero attached hydrogens (tertiary/aromatic N) is 3. The number of non-ortho nitro benzene ring substituents is 1. The Morgan fingerprint density at radius 3 is 2.32 bits per heavy atom. The predicted molar refractivity (Wildman–Crippen MR) is 77.4 cm³/mol. The van der Waals surface area contributed by atoms with E-state index in [9.17, 15) is 25.4 Å². The molecule has 1 saturated carbocycles. The highest BCUT2D eigenvalue weighted by Gasteiger charge is 2.54. The van der Waals surface area contributed by atoms with Gasteiger partial charge >= 0.3 is 0 Å². The van der Waals surface area contributed by atoms with Gasteiger partial charge < -0.3 is 4.79 Å². The molecule has 1 fully saturated rings. The number of nitro groups is 1. The van der Waals surface area contributed by atoms with Crippen LogP contribution in [-0.4, -0.2) is 11.2 Å². The van der Waals surface area contributed by atoms with Crippen LogP contribution in [0.5, 0.6) is 0 Å². The standard InChI is InChI=1S/C16H13N3O3/c1-2-11-7-16(9-17,10-18)15(14(11)8-20)12-3-5-13(6-4-12)19(21)22/h2-6,8,11,14-15H,1,7H2/t11-,14-,15+/m0/s1. The average molecular weight is 295 g/mol. The van der Waals surface area contributed by atoms with E-state index in [1.165, 1.54) is 24.3 Å². The Kier molecular flexibility index (Phi) is 4.05. The molecular weight excluding hydrogens is 282 g/mol. The Hall–Kier alpha value is -2.99. The van der Waals surface area contributed by atoms with Crippen molar-refractivity contribution in [3.8, 4) is 12.1 Å². The summed E-state index contributed by atoms with van der Waals surface area (Å²) in [6.07, 6.45) is 2.57. The van der Waals surface area contributed by atoms with Gasteiger partial charge in [-0.2, -0.15) is 10.5 Å². The van der Waals surface area contributed by atoms with Gasteiger partial charge in [0, 0.05) is 24.0 Å². The number of nitro benzene ring substituents is 1. The quantitative estimate of drug-likeness (QED) is 0.367. The minimum absolute atomic E-state index is 0.0795. The summed E-state index contributed by atoms with van der Waals surface area (Å²) in [4.78, 5) is 21.7. The van der Waals surface area contributed by atoms with E-state index in [2.05, 4.69) is 6.58 Å². The first-order chi connectivity index (χ1) is 10.5. The number of carbonyl (C=O) groups excluding carboxylic acids is 1. The van der Waals surface area contributed by atoms with Crippen LogP contribution in [0.25, 0.3) is 0 Å². The van der Waals surface area contributed by atoms with Crippen LogP contribution >= 0.6 is 0 Å². The van der Waals surface area contributed by atoms with E-state index in [1.807, 2.05) is 12.1 Å². The summed E-state index contributed by atoms with van der Waals surface area (Å²) in [6, 6.07) is 9.73. The number of allylic oxidation sites excluding steroid dienone is 1. The summed E-state index contributed by atoms with van der Waals surface area (Å²) in [5, 5.41) is 29.7. The van der Waals surface area contributed by atoms with Gasteiger partial charge in [-0.3, -0.25) is 10.1 Å². The maximum absolute atomic E-state index is 11.5. The Balaban J connectivity index is 2.54. The minimum Gasteiger partial charge on any atom is -0.303 e. The SMILES string of the molecule is C=C[C@H]1CC(C#N)(C#N)[C@H](c2ccc([N+](=O)[O-])cc2)[C@H]1C=O. The lowest BCUT2D eigenvalue weighted by molar-refractivity contribution is -0.384. The molecule has 1 aromatic carbocycles. The maximum atomic E-state index is 11.5. The van der Waals surface area contributed by atoms with Crippen molar-refractivity contribution >= 4 is 12.0 Å². The van der Waals surface area contributed by atoms with Crippen molar-refractivity contribution in [2.75, 3.05) is 0 Å². The van der Waals surface area contributed by atoms with Gasteiger partial charge in [-0.1, -0.05) is 18.2 Å². The van der Waals surface area contributed by atoms with Gasteiger partial charge in [-0.05, 0) is 17.9 Å². The first-order valence-electron chi connectivity index (χ1n) is 6.67. The van der Waals surface area contributed by atoms with Gasteiger partial charge in [0.15, 0.2) is 5.41 Å². The molecule has 0 bridgehead atoms. The van der Waals surface area contributed by atoms with Crippen molar-refractivity contribution in [3.05, 3.63) is 52.6 Å². The second-order valence-electron chi connectivity index (χ2n) is 5.34. The lowest BCUT2D eigenvalue weighted by Gasteiger charge is -2.24. The van der Waals surface area contributed by atoms with Gasteiger partial charge in [0.05, 0.1) is 17.1 Å². The molecule has 0 aliphatic heterocycles.